The van der Waals surface area contributed by atoms with Crippen molar-refractivity contribution in [3.8, 4) is 0 Å². The standard InChI is InChI=1S/C14H16ClN3OS/c1-9-6-7-16-13(9)14-17-12(18-19-14)8-20-11-5-3-2-4-10(11)15/h2-5,9,13,16H,6-8H2,1H3. The zero-order valence-corrected chi connectivity index (χ0v) is 12.7. The van der Waals surface area contributed by atoms with Crippen LogP contribution in [0.25, 0.3) is 0 Å². The Hall–Kier alpha value is -1.04. The minimum Gasteiger partial charge on any atom is -0.338 e. The first-order valence-corrected chi connectivity index (χ1v) is 8.03. The lowest BCUT2D eigenvalue weighted by Gasteiger charge is -2.09. The lowest BCUT2D eigenvalue weighted by molar-refractivity contribution is 0.317. The molecule has 2 heterocycles. The van der Waals surface area contributed by atoms with Crippen LogP contribution < -0.4 is 5.32 Å². The van der Waals surface area contributed by atoms with Crippen LogP contribution in [0.2, 0.25) is 5.02 Å². The first-order valence-electron chi connectivity index (χ1n) is 6.67. The van der Waals surface area contributed by atoms with Crippen LogP contribution in [-0.4, -0.2) is 16.7 Å². The van der Waals surface area contributed by atoms with E-state index in [4.69, 9.17) is 16.1 Å². The van der Waals surface area contributed by atoms with Crippen LogP contribution in [-0.2, 0) is 5.75 Å². The second kappa shape index (κ2) is 6.16. The summed E-state index contributed by atoms with van der Waals surface area (Å²) < 4.78 is 5.37. The molecule has 2 atom stereocenters. The highest BCUT2D eigenvalue weighted by Gasteiger charge is 2.29. The summed E-state index contributed by atoms with van der Waals surface area (Å²) in [6.07, 6.45) is 1.15. The molecule has 1 aliphatic heterocycles. The van der Waals surface area contributed by atoms with E-state index in [1.54, 1.807) is 11.8 Å². The molecule has 3 rings (SSSR count). The fourth-order valence-electron chi connectivity index (χ4n) is 2.32. The van der Waals surface area contributed by atoms with Gasteiger partial charge in [0.05, 0.1) is 16.8 Å². The third-order valence-electron chi connectivity index (χ3n) is 3.48. The molecule has 0 bridgehead atoms. The maximum absolute atomic E-state index is 6.12. The van der Waals surface area contributed by atoms with Crippen molar-refractivity contribution in [2.75, 3.05) is 6.54 Å². The van der Waals surface area contributed by atoms with Crippen molar-refractivity contribution in [1.29, 1.82) is 0 Å². The molecule has 0 radical (unpaired) electrons. The summed E-state index contributed by atoms with van der Waals surface area (Å²) in [5.41, 5.74) is 0. The Morgan fingerprint density at radius 2 is 2.30 bits per heavy atom. The van der Waals surface area contributed by atoms with Gasteiger partial charge in [0.2, 0.25) is 5.89 Å². The number of benzene rings is 1. The van der Waals surface area contributed by atoms with Crippen LogP contribution in [0.4, 0.5) is 0 Å². The van der Waals surface area contributed by atoms with Gasteiger partial charge in [-0.1, -0.05) is 35.8 Å². The first-order chi connectivity index (χ1) is 9.74. The van der Waals surface area contributed by atoms with Gasteiger partial charge in [-0.25, -0.2) is 0 Å². The van der Waals surface area contributed by atoms with E-state index >= 15 is 0 Å². The Kier molecular flexibility index (Phi) is 4.29. The highest BCUT2D eigenvalue weighted by molar-refractivity contribution is 7.98. The van der Waals surface area contributed by atoms with E-state index in [-0.39, 0.29) is 6.04 Å². The van der Waals surface area contributed by atoms with Gasteiger partial charge in [0.1, 0.15) is 0 Å². The number of hydrogen-bond donors (Lipinski definition) is 1. The average molecular weight is 310 g/mol. The van der Waals surface area contributed by atoms with E-state index in [2.05, 4.69) is 22.4 Å². The summed E-state index contributed by atoms with van der Waals surface area (Å²) in [5.74, 6) is 2.61. The van der Waals surface area contributed by atoms with E-state index in [0.29, 0.717) is 23.4 Å². The average Bonchev–Trinajstić information content (AvgIpc) is 3.06. The third kappa shape index (κ3) is 3.00. The van der Waals surface area contributed by atoms with Gasteiger partial charge in [-0.05, 0) is 31.0 Å². The smallest absolute Gasteiger partial charge is 0.244 e. The van der Waals surface area contributed by atoms with Gasteiger partial charge in [0.15, 0.2) is 5.82 Å². The molecular formula is C14H16ClN3OS. The van der Waals surface area contributed by atoms with Crippen molar-refractivity contribution in [3.05, 3.63) is 41.0 Å². The molecule has 1 N–H and O–H groups in total. The zero-order valence-electron chi connectivity index (χ0n) is 11.2. The molecule has 106 valence electrons. The van der Waals surface area contributed by atoms with Crippen LogP contribution in [0.5, 0.6) is 0 Å². The summed E-state index contributed by atoms with van der Waals surface area (Å²) in [7, 11) is 0. The Balaban J connectivity index is 1.64. The maximum Gasteiger partial charge on any atom is 0.244 e. The first kappa shape index (κ1) is 13.9. The number of nitrogens with one attached hydrogen (secondary N) is 1. The highest BCUT2D eigenvalue weighted by atomic mass is 35.5. The number of hydrogen-bond acceptors (Lipinski definition) is 5. The third-order valence-corrected chi connectivity index (χ3v) is 4.99. The van der Waals surface area contributed by atoms with Crippen LogP contribution in [0.15, 0.2) is 33.7 Å². The topological polar surface area (TPSA) is 51.0 Å². The molecule has 1 saturated heterocycles. The molecule has 1 aromatic heterocycles. The van der Waals surface area contributed by atoms with E-state index in [9.17, 15) is 0 Å². The molecule has 1 fully saturated rings. The second-order valence-electron chi connectivity index (χ2n) is 4.97. The summed E-state index contributed by atoms with van der Waals surface area (Å²) >= 11 is 7.74. The summed E-state index contributed by atoms with van der Waals surface area (Å²) in [5, 5.41) is 8.20. The Bertz CT molecular complexity index is 589. The van der Waals surface area contributed by atoms with Crippen LogP contribution in [0, 0.1) is 5.92 Å². The number of thioether (sulfide) groups is 1. The van der Waals surface area contributed by atoms with Crippen LogP contribution in [0.3, 0.4) is 0 Å². The summed E-state index contributed by atoms with van der Waals surface area (Å²) in [6, 6.07) is 7.97. The molecule has 20 heavy (non-hydrogen) atoms. The Morgan fingerprint density at radius 1 is 1.45 bits per heavy atom. The molecule has 0 saturated carbocycles. The second-order valence-corrected chi connectivity index (χ2v) is 6.39. The van der Waals surface area contributed by atoms with E-state index in [0.717, 1.165) is 22.9 Å². The largest absolute Gasteiger partial charge is 0.338 e. The van der Waals surface area contributed by atoms with Crippen molar-refractivity contribution >= 4 is 23.4 Å². The van der Waals surface area contributed by atoms with E-state index in [1.165, 1.54) is 0 Å². The molecule has 2 unspecified atom stereocenters. The molecule has 1 aliphatic rings. The lowest BCUT2D eigenvalue weighted by Crippen LogP contribution is -2.16. The van der Waals surface area contributed by atoms with Gasteiger partial charge < -0.3 is 9.84 Å². The van der Waals surface area contributed by atoms with Gasteiger partial charge in [-0.2, -0.15) is 4.98 Å². The lowest BCUT2D eigenvalue weighted by atomic mass is 10.0. The van der Waals surface area contributed by atoms with Crippen molar-refractivity contribution in [1.82, 2.24) is 15.5 Å². The van der Waals surface area contributed by atoms with Crippen molar-refractivity contribution < 1.29 is 4.52 Å². The molecule has 0 amide bonds. The number of nitrogens with zero attached hydrogens (tertiary/aromatic N) is 2. The van der Waals surface area contributed by atoms with E-state index < -0.39 is 0 Å². The molecule has 0 spiro atoms. The number of aromatic nitrogens is 2. The Morgan fingerprint density at radius 3 is 3.05 bits per heavy atom. The van der Waals surface area contributed by atoms with Gasteiger partial charge in [0.25, 0.3) is 0 Å². The molecule has 1 aromatic carbocycles. The van der Waals surface area contributed by atoms with Crippen molar-refractivity contribution in [3.63, 3.8) is 0 Å². The minimum absolute atomic E-state index is 0.196. The highest BCUT2D eigenvalue weighted by Crippen LogP contribution is 2.30. The van der Waals surface area contributed by atoms with Crippen molar-refractivity contribution in [2.24, 2.45) is 5.92 Å². The fourth-order valence-corrected chi connectivity index (χ4v) is 3.40. The monoisotopic (exact) mass is 309 g/mol. The molecule has 2 aromatic rings. The van der Waals surface area contributed by atoms with Crippen molar-refractivity contribution in [2.45, 2.75) is 30.0 Å². The zero-order chi connectivity index (χ0) is 13.9. The SMILES string of the molecule is CC1CCNC1c1nc(CSc2ccccc2Cl)no1. The van der Waals surface area contributed by atoms with Crippen LogP contribution >= 0.6 is 23.4 Å². The Labute approximate surface area is 127 Å². The minimum atomic E-state index is 0.196. The molecule has 6 heteroatoms. The predicted molar refractivity (Wildman–Crippen MR) is 79.8 cm³/mol. The van der Waals surface area contributed by atoms with Crippen LogP contribution in [0.1, 0.15) is 31.1 Å². The summed E-state index contributed by atoms with van der Waals surface area (Å²) in [6.45, 7) is 3.21. The quantitative estimate of drug-likeness (QED) is 0.873. The maximum atomic E-state index is 6.12. The van der Waals surface area contributed by atoms with E-state index in [1.807, 2.05) is 24.3 Å². The van der Waals surface area contributed by atoms with Gasteiger partial charge in [-0.15, -0.1) is 11.8 Å². The van der Waals surface area contributed by atoms with Gasteiger partial charge >= 0.3 is 0 Å². The predicted octanol–water partition coefficient (Wildman–Crippen LogP) is 3.69. The van der Waals surface area contributed by atoms with Gasteiger partial charge in [0, 0.05) is 4.90 Å². The molecular weight excluding hydrogens is 294 g/mol. The normalized spacial score (nSPS) is 22.3. The fraction of sp³-hybridized carbons (Fsp3) is 0.429. The molecule has 0 aliphatic carbocycles. The number of halogens is 1. The van der Waals surface area contributed by atoms with Gasteiger partial charge in [-0.3, -0.25) is 0 Å². The summed E-state index contributed by atoms with van der Waals surface area (Å²) in [4.78, 5) is 5.52. The molecule has 4 nitrogen and oxygen atoms in total. The number of rotatable bonds is 4.